The van der Waals surface area contributed by atoms with Gasteiger partial charge in [0.25, 0.3) is 0 Å². The molecule has 174 valence electrons. The molecule has 0 heterocycles. The van der Waals surface area contributed by atoms with Gasteiger partial charge in [0.15, 0.2) is 0 Å². The van der Waals surface area contributed by atoms with Crippen molar-refractivity contribution < 1.29 is 10.6 Å². The molecule has 0 aliphatic heterocycles. The van der Waals surface area contributed by atoms with Crippen LogP contribution in [0.4, 0.5) is 0 Å². The van der Waals surface area contributed by atoms with Crippen molar-refractivity contribution in [3.8, 4) is 0 Å². The molecular weight excluding hydrogens is 368 g/mol. The molecule has 0 radical (unpaired) electrons. The summed E-state index contributed by atoms with van der Waals surface area (Å²) in [7, 11) is 2.13. The number of hydrogen-bond donors (Lipinski definition) is 4. The van der Waals surface area contributed by atoms with Crippen molar-refractivity contribution in [2.75, 3.05) is 7.05 Å². The Morgan fingerprint density at radius 3 is 1.17 bits per heavy atom. The average Bonchev–Trinajstić information content (AvgIpc) is 2.78. The van der Waals surface area contributed by atoms with Crippen molar-refractivity contribution in [3.05, 3.63) is 0 Å². The summed E-state index contributed by atoms with van der Waals surface area (Å²) in [5, 5.41) is 13.1. The smallest absolute Gasteiger partial charge is 0.0862 e. The van der Waals surface area contributed by atoms with E-state index in [0.29, 0.717) is 0 Å². The van der Waals surface area contributed by atoms with E-state index < -0.39 is 0 Å². The molecule has 0 spiro atoms. The molecular formula is C26H52N4+2. The topological polar surface area (TPSA) is 57.3 Å². The van der Waals surface area contributed by atoms with Gasteiger partial charge < -0.3 is 21.3 Å². The predicted octanol–water partition coefficient (Wildman–Crippen LogP) is 2.43. The van der Waals surface area contributed by atoms with E-state index in [1.165, 1.54) is 103 Å². The van der Waals surface area contributed by atoms with Crippen molar-refractivity contribution in [2.24, 2.45) is 5.92 Å². The lowest BCUT2D eigenvalue weighted by Gasteiger charge is -2.36. The van der Waals surface area contributed by atoms with E-state index in [0.717, 1.165) is 48.2 Å². The molecule has 4 saturated carbocycles. The monoisotopic (exact) mass is 420 g/mol. The number of rotatable bonds is 7. The molecule has 4 aliphatic rings. The molecule has 4 aliphatic carbocycles. The Labute approximate surface area is 186 Å². The first-order valence-electron chi connectivity index (χ1n) is 13.8. The minimum absolute atomic E-state index is 0.786. The van der Waals surface area contributed by atoms with Crippen molar-refractivity contribution >= 4 is 0 Å². The lowest BCUT2D eigenvalue weighted by atomic mass is 9.84. The molecule has 6 N–H and O–H groups in total. The Morgan fingerprint density at radius 1 is 0.467 bits per heavy atom. The van der Waals surface area contributed by atoms with Crippen LogP contribution in [-0.2, 0) is 0 Å². The maximum absolute atomic E-state index is 4.09. The van der Waals surface area contributed by atoms with Gasteiger partial charge in [0.2, 0.25) is 0 Å². The van der Waals surface area contributed by atoms with E-state index in [1.54, 1.807) is 0 Å². The predicted molar refractivity (Wildman–Crippen MR) is 126 cm³/mol. The Kier molecular flexibility index (Phi) is 8.92. The van der Waals surface area contributed by atoms with Gasteiger partial charge in [-0.2, -0.15) is 0 Å². The number of nitrogens with one attached hydrogen (secondary N) is 2. The molecule has 0 unspecified atom stereocenters. The summed E-state index contributed by atoms with van der Waals surface area (Å²) >= 11 is 0. The van der Waals surface area contributed by atoms with Crippen LogP contribution >= 0.6 is 0 Å². The molecule has 0 aromatic rings. The summed E-state index contributed by atoms with van der Waals surface area (Å²) in [5.41, 5.74) is 0. The summed E-state index contributed by atoms with van der Waals surface area (Å²) in [6.45, 7) is 2.44. The van der Waals surface area contributed by atoms with E-state index in [9.17, 15) is 0 Å². The average molecular weight is 421 g/mol. The molecule has 30 heavy (non-hydrogen) atoms. The molecule has 4 nitrogen and oxygen atoms in total. The second-order valence-electron chi connectivity index (χ2n) is 11.7. The molecule has 0 bridgehead atoms. The third-order valence-electron chi connectivity index (χ3n) is 9.34. The summed E-state index contributed by atoms with van der Waals surface area (Å²) in [6.07, 6.45) is 22.9. The Hall–Kier alpha value is -0.160. The first kappa shape index (κ1) is 23.0. The zero-order valence-corrected chi connectivity index (χ0v) is 20.1. The fourth-order valence-electron chi connectivity index (χ4n) is 7.14. The van der Waals surface area contributed by atoms with E-state index in [1.807, 2.05) is 0 Å². The first-order chi connectivity index (χ1) is 14.7. The SMILES string of the molecule is CNC1CCC([NH2+]C2CCC(NC3CCC([NH2+]C4CCC(C)CC4)CC3)CC2)CC1. The quantitative estimate of drug-likeness (QED) is 0.511. The molecule has 0 amide bonds. The first-order valence-corrected chi connectivity index (χ1v) is 13.8. The van der Waals surface area contributed by atoms with Crippen LogP contribution in [0.25, 0.3) is 0 Å². The standard InChI is InChI=1S/C26H50N4/c1-19-3-5-21(6-4-19)28-23-11-13-25(14-12-23)30-26-17-15-24(16-18-26)29-22-9-7-20(27-2)8-10-22/h19-30H,3-18H2,1-2H3/p+2. The van der Waals surface area contributed by atoms with Crippen molar-refractivity contribution in [3.63, 3.8) is 0 Å². The van der Waals surface area contributed by atoms with E-state index in [-0.39, 0.29) is 0 Å². The fourth-order valence-corrected chi connectivity index (χ4v) is 7.14. The largest absolute Gasteiger partial charge is 0.341 e. The van der Waals surface area contributed by atoms with E-state index in [4.69, 9.17) is 0 Å². The van der Waals surface area contributed by atoms with E-state index in [2.05, 4.69) is 35.2 Å². The molecule has 4 fully saturated rings. The number of hydrogen-bond acceptors (Lipinski definition) is 2. The van der Waals surface area contributed by atoms with Crippen LogP contribution in [0.15, 0.2) is 0 Å². The maximum Gasteiger partial charge on any atom is 0.0862 e. The third kappa shape index (κ3) is 6.92. The number of quaternary nitrogens is 2. The van der Waals surface area contributed by atoms with Crippen LogP contribution < -0.4 is 21.3 Å². The highest BCUT2D eigenvalue weighted by atomic mass is 15.0. The van der Waals surface area contributed by atoms with Crippen LogP contribution in [0.1, 0.15) is 110 Å². The van der Waals surface area contributed by atoms with Gasteiger partial charge in [-0.3, -0.25) is 0 Å². The second kappa shape index (κ2) is 11.6. The van der Waals surface area contributed by atoms with Crippen molar-refractivity contribution in [1.29, 1.82) is 0 Å². The van der Waals surface area contributed by atoms with Gasteiger partial charge in [-0.25, -0.2) is 0 Å². The Morgan fingerprint density at radius 2 is 0.800 bits per heavy atom. The fraction of sp³-hybridized carbons (Fsp3) is 1.00. The molecule has 0 aromatic carbocycles. The Bertz CT molecular complexity index is 465. The molecule has 4 rings (SSSR count). The normalized spacial score (nSPS) is 43.4. The highest BCUT2D eigenvalue weighted by molar-refractivity contribution is 4.84. The van der Waals surface area contributed by atoms with Gasteiger partial charge in [0.1, 0.15) is 0 Å². The van der Waals surface area contributed by atoms with Crippen LogP contribution in [0.5, 0.6) is 0 Å². The van der Waals surface area contributed by atoms with Gasteiger partial charge in [-0.15, -0.1) is 0 Å². The summed E-state index contributed by atoms with van der Waals surface area (Å²) in [6, 6.07) is 6.07. The van der Waals surface area contributed by atoms with Gasteiger partial charge >= 0.3 is 0 Å². The third-order valence-corrected chi connectivity index (χ3v) is 9.34. The maximum atomic E-state index is 4.09. The van der Waals surface area contributed by atoms with Crippen LogP contribution in [0, 0.1) is 5.92 Å². The summed E-state index contributed by atoms with van der Waals surface area (Å²) in [4.78, 5) is 0. The van der Waals surface area contributed by atoms with Crippen molar-refractivity contribution in [2.45, 2.75) is 152 Å². The van der Waals surface area contributed by atoms with E-state index >= 15 is 0 Å². The lowest BCUT2D eigenvalue weighted by Crippen LogP contribution is -2.95. The molecule has 4 heteroatoms. The highest BCUT2D eigenvalue weighted by Gasteiger charge is 2.32. The molecule has 0 saturated heterocycles. The van der Waals surface area contributed by atoms with Gasteiger partial charge in [-0.1, -0.05) is 6.92 Å². The zero-order chi connectivity index (χ0) is 20.8. The van der Waals surface area contributed by atoms with Gasteiger partial charge in [0.05, 0.1) is 24.2 Å². The Balaban J connectivity index is 1.07. The lowest BCUT2D eigenvalue weighted by molar-refractivity contribution is -0.726. The summed E-state index contributed by atoms with van der Waals surface area (Å²) in [5.74, 6) is 0.982. The van der Waals surface area contributed by atoms with Crippen LogP contribution in [-0.4, -0.2) is 49.3 Å². The van der Waals surface area contributed by atoms with Crippen LogP contribution in [0.3, 0.4) is 0 Å². The molecule has 0 atom stereocenters. The van der Waals surface area contributed by atoms with Gasteiger partial charge in [0, 0.05) is 56.7 Å². The molecule has 0 aromatic heterocycles. The number of nitrogens with two attached hydrogens (primary N) is 2. The minimum atomic E-state index is 0.786. The van der Waals surface area contributed by atoms with Crippen LogP contribution in [0.2, 0.25) is 0 Å². The van der Waals surface area contributed by atoms with Crippen molar-refractivity contribution in [1.82, 2.24) is 10.6 Å². The summed E-state index contributed by atoms with van der Waals surface area (Å²) < 4.78 is 0. The zero-order valence-electron chi connectivity index (χ0n) is 20.1. The van der Waals surface area contributed by atoms with Gasteiger partial charge in [-0.05, 0) is 77.2 Å². The minimum Gasteiger partial charge on any atom is -0.341 e. The second-order valence-corrected chi connectivity index (χ2v) is 11.7. The highest BCUT2D eigenvalue weighted by Crippen LogP contribution is 2.25.